The maximum Gasteiger partial charge on any atom is 0.232 e. The number of rotatable bonds is 8. The van der Waals surface area contributed by atoms with E-state index in [4.69, 9.17) is 10.4 Å². The third-order valence-electron chi connectivity index (χ3n) is 1.97. The molecule has 0 spiro atoms. The fraction of sp³-hybridized carbons (Fsp3) is 0.800. The van der Waals surface area contributed by atoms with Gasteiger partial charge in [-0.05, 0) is 19.3 Å². The summed E-state index contributed by atoms with van der Waals surface area (Å²) >= 11 is 1.34. The second-order valence-corrected chi connectivity index (χ2v) is 4.24. The van der Waals surface area contributed by atoms with Gasteiger partial charge in [-0.25, -0.2) is 0 Å². The number of nitriles is 1. The number of carbonyl (C=O) groups is 1. The van der Waals surface area contributed by atoms with Crippen LogP contribution in [0.4, 0.5) is 0 Å². The van der Waals surface area contributed by atoms with Crippen LogP contribution in [0.3, 0.4) is 0 Å². The molecule has 0 saturated carbocycles. The van der Waals surface area contributed by atoms with Crippen LogP contribution in [0.15, 0.2) is 0 Å². The van der Waals surface area contributed by atoms with E-state index in [1.165, 1.54) is 11.8 Å². The Kier molecular flexibility index (Phi) is 9.33. The highest BCUT2D eigenvalue weighted by Crippen LogP contribution is 2.02. The quantitative estimate of drug-likeness (QED) is 0.628. The first-order valence-corrected chi connectivity index (χ1v) is 6.17. The summed E-state index contributed by atoms with van der Waals surface area (Å²) in [5.74, 6) is 0.813. The third kappa shape index (κ3) is 8.28. The van der Waals surface area contributed by atoms with Gasteiger partial charge >= 0.3 is 0 Å². The van der Waals surface area contributed by atoms with Crippen molar-refractivity contribution >= 4 is 17.7 Å². The molecule has 0 unspecified atom stereocenters. The van der Waals surface area contributed by atoms with Crippen molar-refractivity contribution in [2.75, 3.05) is 31.7 Å². The summed E-state index contributed by atoms with van der Waals surface area (Å²) in [6, 6.07) is 1.99. The SMILES string of the molecule is CN(CCCCCO)C(=O)CSCC#N. The van der Waals surface area contributed by atoms with Crippen LogP contribution in [-0.2, 0) is 4.79 Å². The van der Waals surface area contributed by atoms with Crippen LogP contribution in [0.25, 0.3) is 0 Å². The summed E-state index contributed by atoms with van der Waals surface area (Å²) in [7, 11) is 1.77. The van der Waals surface area contributed by atoms with Crippen LogP contribution in [0.2, 0.25) is 0 Å². The van der Waals surface area contributed by atoms with Crippen molar-refractivity contribution in [3.8, 4) is 6.07 Å². The second-order valence-electron chi connectivity index (χ2n) is 3.25. The monoisotopic (exact) mass is 230 g/mol. The molecular weight excluding hydrogens is 212 g/mol. The average Bonchev–Trinajstić information content (AvgIpc) is 2.24. The van der Waals surface area contributed by atoms with Crippen molar-refractivity contribution in [1.82, 2.24) is 4.90 Å². The summed E-state index contributed by atoms with van der Waals surface area (Å²) in [6.07, 6.45) is 2.66. The summed E-state index contributed by atoms with van der Waals surface area (Å²) in [4.78, 5) is 13.1. The van der Waals surface area contributed by atoms with Crippen molar-refractivity contribution in [3.05, 3.63) is 0 Å². The van der Waals surface area contributed by atoms with Crippen LogP contribution >= 0.6 is 11.8 Å². The first-order chi connectivity index (χ1) is 7.22. The van der Waals surface area contributed by atoms with Crippen LogP contribution in [-0.4, -0.2) is 47.6 Å². The predicted molar refractivity (Wildman–Crippen MR) is 61.5 cm³/mol. The topological polar surface area (TPSA) is 64.3 Å². The molecule has 4 nitrogen and oxygen atoms in total. The van der Waals surface area contributed by atoms with E-state index in [1.54, 1.807) is 11.9 Å². The molecule has 0 saturated heterocycles. The zero-order valence-electron chi connectivity index (χ0n) is 9.11. The Labute approximate surface area is 95.3 Å². The lowest BCUT2D eigenvalue weighted by Gasteiger charge is -2.16. The minimum atomic E-state index is 0.0687. The number of hydrogen-bond donors (Lipinski definition) is 1. The molecule has 15 heavy (non-hydrogen) atoms. The fourth-order valence-electron chi connectivity index (χ4n) is 1.06. The second kappa shape index (κ2) is 9.81. The molecule has 0 bridgehead atoms. The van der Waals surface area contributed by atoms with Crippen LogP contribution in [0.1, 0.15) is 19.3 Å². The van der Waals surface area contributed by atoms with E-state index in [2.05, 4.69) is 0 Å². The fourth-order valence-corrected chi connectivity index (χ4v) is 1.64. The number of unbranched alkanes of at least 4 members (excludes halogenated alkanes) is 2. The average molecular weight is 230 g/mol. The van der Waals surface area contributed by atoms with Crippen molar-refractivity contribution in [2.24, 2.45) is 0 Å². The van der Waals surface area contributed by atoms with Gasteiger partial charge in [0.1, 0.15) is 0 Å². The Morgan fingerprint density at radius 2 is 2.20 bits per heavy atom. The lowest BCUT2D eigenvalue weighted by molar-refractivity contribution is -0.127. The van der Waals surface area contributed by atoms with E-state index in [1.807, 2.05) is 6.07 Å². The highest BCUT2D eigenvalue weighted by molar-refractivity contribution is 8.00. The Morgan fingerprint density at radius 3 is 2.80 bits per heavy atom. The number of aliphatic hydroxyl groups is 1. The molecule has 0 aromatic carbocycles. The van der Waals surface area contributed by atoms with Crippen molar-refractivity contribution < 1.29 is 9.90 Å². The van der Waals surface area contributed by atoms with Gasteiger partial charge < -0.3 is 10.0 Å². The van der Waals surface area contributed by atoms with E-state index in [9.17, 15) is 4.79 Å². The lowest BCUT2D eigenvalue weighted by atomic mass is 10.2. The van der Waals surface area contributed by atoms with Gasteiger partial charge in [0.15, 0.2) is 0 Å². The Morgan fingerprint density at radius 1 is 1.47 bits per heavy atom. The molecule has 0 heterocycles. The number of amides is 1. The molecule has 0 fully saturated rings. The summed E-state index contributed by atoms with van der Waals surface area (Å²) in [6.45, 7) is 0.946. The van der Waals surface area contributed by atoms with E-state index in [0.717, 1.165) is 25.8 Å². The van der Waals surface area contributed by atoms with Gasteiger partial charge in [0, 0.05) is 20.2 Å². The van der Waals surface area contributed by atoms with Gasteiger partial charge in [-0.2, -0.15) is 5.26 Å². The molecule has 0 aromatic heterocycles. The largest absolute Gasteiger partial charge is 0.396 e. The molecule has 0 radical (unpaired) electrons. The summed E-state index contributed by atoms with van der Waals surface area (Å²) in [5, 5.41) is 16.9. The zero-order chi connectivity index (χ0) is 11.5. The lowest BCUT2D eigenvalue weighted by Crippen LogP contribution is -2.29. The molecule has 0 aliphatic heterocycles. The third-order valence-corrected chi connectivity index (χ3v) is 2.75. The highest BCUT2D eigenvalue weighted by Gasteiger charge is 2.07. The number of hydrogen-bond acceptors (Lipinski definition) is 4. The minimum absolute atomic E-state index is 0.0687. The van der Waals surface area contributed by atoms with Gasteiger partial charge in [0.2, 0.25) is 5.91 Å². The van der Waals surface area contributed by atoms with E-state index < -0.39 is 0 Å². The molecule has 0 aliphatic rings. The molecule has 0 rings (SSSR count). The standard InChI is InChI=1S/C10H18N2O2S/c1-12(6-3-2-4-7-13)10(14)9-15-8-5-11/h13H,2-4,6-9H2,1H3. The normalized spacial score (nSPS) is 9.67. The van der Waals surface area contributed by atoms with E-state index in [0.29, 0.717) is 11.5 Å². The van der Waals surface area contributed by atoms with Gasteiger partial charge in [0.25, 0.3) is 0 Å². The highest BCUT2D eigenvalue weighted by atomic mass is 32.2. The number of carbonyl (C=O) groups excluding carboxylic acids is 1. The summed E-state index contributed by atoms with van der Waals surface area (Å²) < 4.78 is 0. The first-order valence-electron chi connectivity index (χ1n) is 5.02. The maximum atomic E-state index is 11.4. The molecule has 86 valence electrons. The number of aliphatic hydroxyl groups excluding tert-OH is 1. The number of thioether (sulfide) groups is 1. The Balaban J connectivity index is 3.47. The molecule has 0 aromatic rings. The Hall–Kier alpha value is -0.730. The van der Waals surface area contributed by atoms with Crippen molar-refractivity contribution in [3.63, 3.8) is 0 Å². The molecular formula is C10H18N2O2S. The first kappa shape index (κ1) is 14.3. The van der Waals surface area contributed by atoms with Gasteiger partial charge in [0.05, 0.1) is 17.6 Å². The molecule has 5 heteroatoms. The van der Waals surface area contributed by atoms with Gasteiger partial charge in [-0.15, -0.1) is 11.8 Å². The molecule has 1 amide bonds. The van der Waals surface area contributed by atoms with Gasteiger partial charge in [-0.1, -0.05) is 0 Å². The van der Waals surface area contributed by atoms with Crippen LogP contribution < -0.4 is 0 Å². The van der Waals surface area contributed by atoms with Gasteiger partial charge in [-0.3, -0.25) is 4.79 Å². The van der Waals surface area contributed by atoms with Crippen LogP contribution in [0, 0.1) is 11.3 Å². The van der Waals surface area contributed by atoms with Crippen molar-refractivity contribution in [1.29, 1.82) is 5.26 Å². The van der Waals surface area contributed by atoms with E-state index >= 15 is 0 Å². The molecule has 1 N–H and O–H groups in total. The summed E-state index contributed by atoms with van der Waals surface area (Å²) in [5.41, 5.74) is 0. The molecule has 0 atom stereocenters. The van der Waals surface area contributed by atoms with Crippen LogP contribution in [0.5, 0.6) is 0 Å². The van der Waals surface area contributed by atoms with E-state index in [-0.39, 0.29) is 12.5 Å². The molecule has 0 aliphatic carbocycles. The smallest absolute Gasteiger partial charge is 0.232 e. The Bertz CT molecular complexity index is 216. The maximum absolute atomic E-state index is 11.4. The predicted octanol–water partition coefficient (Wildman–Crippen LogP) is 0.864. The van der Waals surface area contributed by atoms with Crippen molar-refractivity contribution in [2.45, 2.75) is 19.3 Å². The zero-order valence-corrected chi connectivity index (χ0v) is 9.92. The number of nitrogens with zero attached hydrogens (tertiary/aromatic N) is 2. The minimum Gasteiger partial charge on any atom is -0.396 e.